The lowest BCUT2D eigenvalue weighted by Gasteiger charge is -2.27. The lowest BCUT2D eigenvalue weighted by atomic mass is 10.2. The molecule has 1 heterocycles. The third-order valence-corrected chi connectivity index (χ3v) is 3.19. The topological polar surface area (TPSA) is 29.5 Å². The fraction of sp³-hybridized carbons (Fsp3) is 0.900. The van der Waals surface area contributed by atoms with Gasteiger partial charge in [0.25, 0.3) is 0 Å². The van der Waals surface area contributed by atoms with Crippen LogP contribution in [0, 0.1) is 0 Å². The van der Waals surface area contributed by atoms with Gasteiger partial charge in [-0.05, 0) is 20.8 Å². The van der Waals surface area contributed by atoms with E-state index in [9.17, 15) is 9.18 Å². The summed E-state index contributed by atoms with van der Waals surface area (Å²) in [6.45, 7) is 5.61. The van der Waals surface area contributed by atoms with E-state index in [2.05, 4.69) is 22.6 Å². The van der Waals surface area contributed by atoms with E-state index < -0.39 is 17.9 Å². The van der Waals surface area contributed by atoms with E-state index in [4.69, 9.17) is 4.74 Å². The van der Waals surface area contributed by atoms with E-state index in [0.717, 1.165) is 4.43 Å². The highest BCUT2D eigenvalue weighted by Crippen LogP contribution is 2.24. The Bertz CT molecular complexity index is 242. The van der Waals surface area contributed by atoms with Crippen LogP contribution < -0.4 is 0 Å². The van der Waals surface area contributed by atoms with Crippen LogP contribution in [-0.2, 0) is 4.74 Å². The summed E-state index contributed by atoms with van der Waals surface area (Å²) in [5, 5.41) is 0. The standard InChI is InChI=1S/C10H17FINO2/c1-10(2,3)15-9(14)13-6-7(11)4-8(13)5-12/h7-8H,4-6H2,1-3H3. The lowest BCUT2D eigenvalue weighted by molar-refractivity contribution is 0.0235. The molecule has 1 fully saturated rings. The fourth-order valence-electron chi connectivity index (χ4n) is 1.55. The number of hydrogen-bond acceptors (Lipinski definition) is 2. The van der Waals surface area contributed by atoms with Gasteiger partial charge in [-0.15, -0.1) is 0 Å². The van der Waals surface area contributed by atoms with Gasteiger partial charge in [-0.1, -0.05) is 22.6 Å². The van der Waals surface area contributed by atoms with Crippen LogP contribution in [0.4, 0.5) is 9.18 Å². The van der Waals surface area contributed by atoms with Crippen molar-refractivity contribution < 1.29 is 13.9 Å². The number of alkyl halides is 2. The first kappa shape index (κ1) is 13.0. The molecule has 2 unspecified atom stereocenters. The van der Waals surface area contributed by atoms with E-state index in [0.29, 0.717) is 6.42 Å². The maximum atomic E-state index is 13.2. The SMILES string of the molecule is CC(C)(C)OC(=O)N1CC(F)CC1CI. The van der Waals surface area contributed by atoms with Crippen LogP contribution in [0.3, 0.4) is 0 Å². The summed E-state index contributed by atoms with van der Waals surface area (Å²) in [4.78, 5) is 13.2. The van der Waals surface area contributed by atoms with Gasteiger partial charge in [0, 0.05) is 16.9 Å². The van der Waals surface area contributed by atoms with E-state index >= 15 is 0 Å². The monoisotopic (exact) mass is 329 g/mol. The number of hydrogen-bond donors (Lipinski definition) is 0. The molecule has 1 aliphatic rings. The molecular formula is C10H17FINO2. The second kappa shape index (κ2) is 4.84. The van der Waals surface area contributed by atoms with Crippen LogP contribution in [0.25, 0.3) is 0 Å². The van der Waals surface area contributed by atoms with E-state index in [1.54, 1.807) is 0 Å². The van der Waals surface area contributed by atoms with Crippen molar-refractivity contribution in [1.82, 2.24) is 4.90 Å². The number of rotatable bonds is 1. The van der Waals surface area contributed by atoms with Crippen molar-refractivity contribution in [3.05, 3.63) is 0 Å². The Morgan fingerprint density at radius 2 is 2.20 bits per heavy atom. The van der Waals surface area contributed by atoms with Crippen molar-refractivity contribution in [3.63, 3.8) is 0 Å². The summed E-state index contributed by atoms with van der Waals surface area (Å²) in [6, 6.07) is -0.0181. The number of carbonyl (C=O) groups is 1. The number of nitrogens with zero attached hydrogens (tertiary/aromatic N) is 1. The molecule has 88 valence electrons. The Morgan fingerprint density at radius 3 is 2.67 bits per heavy atom. The molecule has 0 aromatic rings. The van der Waals surface area contributed by atoms with Crippen LogP contribution in [0.2, 0.25) is 0 Å². The van der Waals surface area contributed by atoms with Gasteiger partial charge >= 0.3 is 6.09 Å². The second-order valence-electron chi connectivity index (χ2n) is 4.77. The van der Waals surface area contributed by atoms with Gasteiger partial charge in [0.05, 0.1) is 6.54 Å². The van der Waals surface area contributed by atoms with Crippen LogP contribution in [-0.4, -0.2) is 39.8 Å². The van der Waals surface area contributed by atoms with Crippen molar-refractivity contribution in [2.45, 2.75) is 45.0 Å². The number of ether oxygens (including phenoxy) is 1. The van der Waals surface area contributed by atoms with Gasteiger partial charge < -0.3 is 9.64 Å². The summed E-state index contributed by atoms with van der Waals surface area (Å²) in [5.74, 6) is 0. The van der Waals surface area contributed by atoms with E-state index in [-0.39, 0.29) is 12.6 Å². The largest absolute Gasteiger partial charge is 0.444 e. The molecule has 0 radical (unpaired) electrons. The zero-order valence-electron chi connectivity index (χ0n) is 9.30. The van der Waals surface area contributed by atoms with Crippen molar-refractivity contribution >= 4 is 28.7 Å². The number of carbonyl (C=O) groups excluding carboxylic acids is 1. The molecular weight excluding hydrogens is 312 g/mol. The maximum Gasteiger partial charge on any atom is 0.410 e. The predicted octanol–water partition coefficient (Wildman–Crippen LogP) is 2.77. The molecule has 3 nitrogen and oxygen atoms in total. The molecule has 0 N–H and O–H groups in total. The Hall–Kier alpha value is -0.0700. The Kier molecular flexibility index (Phi) is 4.20. The fourth-order valence-corrected chi connectivity index (χ4v) is 2.39. The molecule has 15 heavy (non-hydrogen) atoms. The zero-order chi connectivity index (χ0) is 11.6. The number of halogens is 2. The number of likely N-dealkylation sites (tertiary alicyclic amines) is 1. The first-order valence-corrected chi connectivity index (χ1v) is 6.55. The Balaban J connectivity index is 2.59. The summed E-state index contributed by atoms with van der Waals surface area (Å²) in [7, 11) is 0. The first-order chi connectivity index (χ1) is 6.83. The molecule has 0 saturated carbocycles. The van der Waals surface area contributed by atoms with Crippen LogP contribution >= 0.6 is 22.6 Å². The smallest absolute Gasteiger partial charge is 0.410 e. The molecule has 0 aromatic heterocycles. The lowest BCUT2D eigenvalue weighted by Crippen LogP contribution is -2.40. The first-order valence-electron chi connectivity index (χ1n) is 5.03. The normalized spacial score (nSPS) is 26.9. The summed E-state index contributed by atoms with van der Waals surface area (Å²) in [6.07, 6.45) is -0.871. The van der Waals surface area contributed by atoms with Crippen molar-refractivity contribution in [3.8, 4) is 0 Å². The average molecular weight is 329 g/mol. The van der Waals surface area contributed by atoms with Gasteiger partial charge in [0.2, 0.25) is 0 Å². The molecule has 0 bridgehead atoms. The molecule has 0 aromatic carbocycles. The molecule has 2 atom stereocenters. The van der Waals surface area contributed by atoms with Crippen molar-refractivity contribution in [1.29, 1.82) is 0 Å². The predicted molar refractivity (Wildman–Crippen MR) is 65.1 cm³/mol. The Morgan fingerprint density at radius 1 is 1.60 bits per heavy atom. The quantitative estimate of drug-likeness (QED) is 0.547. The second-order valence-corrected chi connectivity index (χ2v) is 5.65. The molecule has 5 heteroatoms. The molecule has 1 amide bonds. The molecule has 1 saturated heterocycles. The van der Waals surface area contributed by atoms with Crippen molar-refractivity contribution in [2.75, 3.05) is 11.0 Å². The van der Waals surface area contributed by atoms with E-state index in [1.807, 2.05) is 20.8 Å². The minimum atomic E-state index is -0.905. The molecule has 0 spiro atoms. The van der Waals surface area contributed by atoms with Crippen LogP contribution in [0.5, 0.6) is 0 Å². The van der Waals surface area contributed by atoms with Gasteiger partial charge in [-0.2, -0.15) is 0 Å². The summed E-state index contributed by atoms with van der Waals surface area (Å²) < 4.78 is 19.1. The minimum absolute atomic E-state index is 0.0181. The number of amides is 1. The van der Waals surface area contributed by atoms with Gasteiger partial charge in [0.15, 0.2) is 0 Å². The minimum Gasteiger partial charge on any atom is -0.444 e. The van der Waals surface area contributed by atoms with Crippen LogP contribution in [0.1, 0.15) is 27.2 Å². The highest BCUT2D eigenvalue weighted by Gasteiger charge is 2.36. The average Bonchev–Trinajstić information content (AvgIpc) is 2.43. The summed E-state index contributed by atoms with van der Waals surface area (Å²) in [5.41, 5.74) is -0.513. The van der Waals surface area contributed by atoms with Crippen molar-refractivity contribution in [2.24, 2.45) is 0 Å². The van der Waals surface area contributed by atoms with Gasteiger partial charge in [-0.25, -0.2) is 9.18 Å². The molecule has 1 aliphatic heterocycles. The zero-order valence-corrected chi connectivity index (χ0v) is 11.5. The van der Waals surface area contributed by atoms with E-state index in [1.165, 1.54) is 4.90 Å². The Labute approximate surface area is 103 Å². The molecule has 0 aliphatic carbocycles. The maximum absolute atomic E-state index is 13.2. The molecule has 1 rings (SSSR count). The third kappa shape index (κ3) is 3.77. The van der Waals surface area contributed by atoms with Crippen LogP contribution in [0.15, 0.2) is 0 Å². The third-order valence-electron chi connectivity index (χ3n) is 2.17. The highest BCUT2D eigenvalue weighted by atomic mass is 127. The van der Waals surface area contributed by atoms with Gasteiger partial charge in [0.1, 0.15) is 11.8 Å². The summed E-state index contributed by atoms with van der Waals surface area (Å²) >= 11 is 2.17. The highest BCUT2D eigenvalue weighted by molar-refractivity contribution is 14.1. The van der Waals surface area contributed by atoms with Gasteiger partial charge in [-0.3, -0.25) is 0 Å².